The van der Waals surface area contributed by atoms with Gasteiger partial charge in [0.05, 0.1) is 18.8 Å². The van der Waals surface area contributed by atoms with Crippen molar-refractivity contribution in [2.45, 2.75) is 109 Å². The van der Waals surface area contributed by atoms with Crippen molar-refractivity contribution < 1.29 is 13.9 Å². The van der Waals surface area contributed by atoms with Crippen LogP contribution in [0.1, 0.15) is 79.1 Å². The number of fused-ring (bicyclic) bond motifs is 6. The average Bonchev–Trinajstić information content (AvgIpc) is 3.08. The molecule has 0 N–H and O–H groups in total. The van der Waals surface area contributed by atoms with E-state index < -0.39 is 8.32 Å². The van der Waals surface area contributed by atoms with Gasteiger partial charge in [0.2, 0.25) is 0 Å². The number of allylic oxidation sites excluding steroid dienone is 3. The van der Waals surface area contributed by atoms with E-state index in [9.17, 15) is 0 Å². The Morgan fingerprint density at radius 1 is 1.13 bits per heavy atom. The third kappa shape index (κ3) is 2.80. The van der Waals surface area contributed by atoms with Crippen molar-refractivity contribution in [1.82, 2.24) is 0 Å². The highest BCUT2D eigenvalue weighted by Gasteiger charge is 2.75. The van der Waals surface area contributed by atoms with Crippen LogP contribution in [0.3, 0.4) is 0 Å². The molecule has 31 heavy (non-hydrogen) atoms. The van der Waals surface area contributed by atoms with Crippen LogP contribution in [0.4, 0.5) is 0 Å². The van der Waals surface area contributed by atoms with E-state index in [4.69, 9.17) is 13.9 Å². The first kappa shape index (κ1) is 21.1. The fourth-order valence-corrected chi connectivity index (χ4v) is 9.71. The lowest BCUT2D eigenvalue weighted by Crippen LogP contribution is -2.52. The molecule has 0 aromatic carbocycles. The molecule has 2 saturated carbocycles. The smallest absolute Gasteiger partial charge is 0.192 e. The van der Waals surface area contributed by atoms with Gasteiger partial charge < -0.3 is 13.9 Å². The van der Waals surface area contributed by atoms with Crippen molar-refractivity contribution in [2.75, 3.05) is 13.2 Å². The summed E-state index contributed by atoms with van der Waals surface area (Å²) >= 11 is 0. The van der Waals surface area contributed by atoms with Crippen LogP contribution in [-0.4, -0.2) is 32.9 Å². The number of ether oxygens (including phenoxy) is 2. The molecule has 0 amide bonds. The maximum Gasteiger partial charge on any atom is 0.192 e. The summed E-state index contributed by atoms with van der Waals surface area (Å²) in [6.45, 7) is 16.2. The molecule has 0 radical (unpaired) electrons. The quantitative estimate of drug-likeness (QED) is 0.442. The van der Waals surface area contributed by atoms with Gasteiger partial charge in [0.15, 0.2) is 14.1 Å². The largest absolute Gasteiger partial charge is 0.410 e. The molecule has 1 aliphatic heterocycles. The van der Waals surface area contributed by atoms with Gasteiger partial charge in [0.1, 0.15) is 0 Å². The van der Waals surface area contributed by atoms with E-state index in [1.165, 1.54) is 32.1 Å². The minimum atomic E-state index is -1.77. The number of hydrogen-bond donors (Lipinski definition) is 0. The van der Waals surface area contributed by atoms with Gasteiger partial charge in [-0.2, -0.15) is 0 Å². The molecule has 0 bridgehead atoms. The van der Waals surface area contributed by atoms with Gasteiger partial charge in [0, 0.05) is 18.3 Å². The topological polar surface area (TPSA) is 27.7 Å². The summed E-state index contributed by atoms with van der Waals surface area (Å²) in [6.07, 6.45) is 12.4. The second kappa shape index (κ2) is 6.37. The van der Waals surface area contributed by atoms with Gasteiger partial charge in [-0.3, -0.25) is 0 Å². The number of hydrogen-bond acceptors (Lipinski definition) is 3. The predicted octanol–water partition coefficient (Wildman–Crippen LogP) is 6.76. The second-order valence-electron chi connectivity index (χ2n) is 13.3. The Morgan fingerprint density at radius 3 is 2.58 bits per heavy atom. The Balaban J connectivity index is 1.29. The Morgan fingerprint density at radius 2 is 1.87 bits per heavy atom. The summed E-state index contributed by atoms with van der Waals surface area (Å²) in [5.74, 6) is 2.07. The second-order valence-corrected chi connectivity index (χ2v) is 18.0. The van der Waals surface area contributed by atoms with Gasteiger partial charge in [-0.15, -0.1) is 0 Å². The van der Waals surface area contributed by atoms with E-state index in [0.717, 1.165) is 50.2 Å². The SMILES string of the molecule is CC(C)(C)[Si](C)(C)O[C@@]12C[C@@H]1C[C@H]1[C@@H]3CCC4=C(CCC5(C4)OCCO5)C3=CC[C@@]12C. The van der Waals surface area contributed by atoms with Crippen molar-refractivity contribution in [3.63, 3.8) is 0 Å². The third-order valence-electron chi connectivity index (χ3n) is 10.8. The van der Waals surface area contributed by atoms with Crippen molar-refractivity contribution in [3.05, 3.63) is 22.8 Å². The summed E-state index contributed by atoms with van der Waals surface area (Å²) in [5, 5.41) is 0.284. The van der Waals surface area contributed by atoms with Crippen molar-refractivity contribution in [2.24, 2.45) is 23.2 Å². The summed E-state index contributed by atoms with van der Waals surface area (Å²) in [6, 6.07) is 0. The summed E-state index contributed by atoms with van der Waals surface area (Å²) in [5.41, 5.74) is 5.56. The lowest BCUT2D eigenvalue weighted by molar-refractivity contribution is -0.164. The highest BCUT2D eigenvalue weighted by Crippen LogP contribution is 2.76. The Bertz CT molecular complexity index is 858. The van der Waals surface area contributed by atoms with Gasteiger partial charge in [-0.25, -0.2) is 0 Å². The molecule has 5 atom stereocenters. The third-order valence-corrected chi connectivity index (χ3v) is 15.3. The monoisotopic (exact) mass is 442 g/mol. The summed E-state index contributed by atoms with van der Waals surface area (Å²) < 4.78 is 19.5. The van der Waals surface area contributed by atoms with Crippen LogP contribution in [-0.2, 0) is 13.9 Å². The first-order valence-electron chi connectivity index (χ1n) is 12.9. The minimum absolute atomic E-state index is 0.166. The van der Waals surface area contributed by atoms with E-state index in [1.54, 1.807) is 16.7 Å². The van der Waals surface area contributed by atoms with Crippen molar-refractivity contribution in [1.29, 1.82) is 0 Å². The molecule has 1 saturated heterocycles. The molecular formula is C27H42O3Si. The normalized spacial score (nSPS) is 43.3. The molecule has 172 valence electrons. The van der Waals surface area contributed by atoms with E-state index in [0.29, 0.717) is 5.41 Å². The molecule has 0 aromatic heterocycles. The Labute approximate surface area is 190 Å². The maximum absolute atomic E-state index is 7.31. The molecule has 5 aliphatic carbocycles. The van der Waals surface area contributed by atoms with Crippen LogP contribution < -0.4 is 0 Å². The molecule has 6 aliphatic rings. The molecule has 6 rings (SSSR count). The van der Waals surface area contributed by atoms with Crippen LogP contribution in [0, 0.1) is 23.2 Å². The van der Waals surface area contributed by atoms with E-state index >= 15 is 0 Å². The zero-order valence-electron chi connectivity index (χ0n) is 20.6. The zero-order chi connectivity index (χ0) is 21.9. The average molecular weight is 443 g/mol. The van der Waals surface area contributed by atoms with E-state index in [-0.39, 0.29) is 16.4 Å². The first-order chi connectivity index (χ1) is 14.5. The molecule has 0 unspecified atom stereocenters. The lowest BCUT2D eigenvalue weighted by Gasteiger charge is -2.52. The maximum atomic E-state index is 7.31. The fraction of sp³-hybridized carbons (Fsp3) is 0.852. The molecular weight excluding hydrogens is 400 g/mol. The van der Waals surface area contributed by atoms with Gasteiger partial charge in [-0.1, -0.05) is 39.3 Å². The molecule has 0 aromatic rings. The minimum Gasteiger partial charge on any atom is -0.410 e. The van der Waals surface area contributed by atoms with Crippen LogP contribution in [0.25, 0.3) is 0 Å². The summed E-state index contributed by atoms with van der Waals surface area (Å²) in [4.78, 5) is 0. The molecule has 3 fully saturated rings. The zero-order valence-corrected chi connectivity index (χ0v) is 21.6. The highest BCUT2D eigenvalue weighted by molar-refractivity contribution is 6.74. The molecule has 1 spiro atoms. The van der Waals surface area contributed by atoms with Crippen LogP contribution >= 0.6 is 0 Å². The van der Waals surface area contributed by atoms with Gasteiger partial charge in [0.25, 0.3) is 0 Å². The molecule has 1 heterocycles. The molecule has 3 nitrogen and oxygen atoms in total. The van der Waals surface area contributed by atoms with E-state index in [1.807, 2.05) is 0 Å². The van der Waals surface area contributed by atoms with Crippen LogP contribution in [0.5, 0.6) is 0 Å². The molecule has 4 heteroatoms. The van der Waals surface area contributed by atoms with Crippen LogP contribution in [0.15, 0.2) is 22.8 Å². The van der Waals surface area contributed by atoms with Crippen molar-refractivity contribution in [3.8, 4) is 0 Å². The number of rotatable bonds is 2. The summed E-state index contributed by atoms with van der Waals surface area (Å²) in [7, 11) is -1.77. The fourth-order valence-electron chi connectivity index (χ4n) is 8.01. The predicted molar refractivity (Wildman–Crippen MR) is 126 cm³/mol. The first-order valence-corrected chi connectivity index (χ1v) is 15.8. The lowest BCUT2D eigenvalue weighted by atomic mass is 9.56. The van der Waals surface area contributed by atoms with Gasteiger partial charge in [-0.05, 0) is 85.6 Å². The Kier molecular flexibility index (Phi) is 4.34. The Hall–Kier alpha value is -0.423. The van der Waals surface area contributed by atoms with Crippen LogP contribution in [0.2, 0.25) is 18.1 Å². The highest BCUT2D eigenvalue weighted by atomic mass is 28.4. The van der Waals surface area contributed by atoms with E-state index in [2.05, 4.69) is 46.9 Å². The standard InChI is InChI=1S/C27H42O3Si/c1-24(2,3)31(5,6)30-27-17-19(27)15-23-22-8-7-18-16-26(28-13-14-29-26)12-10-20(18)21(22)9-11-25(23,27)4/h9,19,22-23H,7-8,10-17H2,1-6H3/t19-,22+,23-,25-,27-/m0/s1. The van der Waals surface area contributed by atoms with Crippen molar-refractivity contribution >= 4 is 8.32 Å². The van der Waals surface area contributed by atoms with Gasteiger partial charge >= 0.3 is 0 Å².